The standard InChI is InChI=1S/C14H19N3O2/c1-9(18)14(19)15-7-6-11-4-5-13-12(8-11)16-10(2)17(13)3/h4-5,8-9,18H,6-7H2,1-3H3,(H,15,19). The highest BCUT2D eigenvalue weighted by molar-refractivity contribution is 5.80. The van der Waals surface area contributed by atoms with Crippen molar-refractivity contribution in [2.75, 3.05) is 6.54 Å². The fraction of sp³-hybridized carbons (Fsp3) is 0.429. The second-order valence-electron chi connectivity index (χ2n) is 4.76. The number of carbonyl (C=O) groups is 1. The number of nitrogens with one attached hydrogen (secondary N) is 1. The van der Waals surface area contributed by atoms with Gasteiger partial charge in [0.25, 0.3) is 0 Å². The molecule has 2 N–H and O–H groups in total. The van der Waals surface area contributed by atoms with Gasteiger partial charge in [-0.1, -0.05) is 6.07 Å². The fourth-order valence-corrected chi connectivity index (χ4v) is 2.00. The molecular formula is C14H19N3O2. The van der Waals surface area contributed by atoms with E-state index in [9.17, 15) is 4.79 Å². The third kappa shape index (κ3) is 2.93. The molecule has 2 aromatic rings. The van der Waals surface area contributed by atoms with Crippen LogP contribution in [0.4, 0.5) is 0 Å². The minimum absolute atomic E-state index is 0.338. The number of rotatable bonds is 4. The lowest BCUT2D eigenvalue weighted by atomic mass is 10.1. The summed E-state index contributed by atoms with van der Waals surface area (Å²) in [5.41, 5.74) is 3.20. The average molecular weight is 261 g/mol. The van der Waals surface area contributed by atoms with Crippen molar-refractivity contribution in [3.8, 4) is 0 Å². The lowest BCUT2D eigenvalue weighted by Gasteiger charge is -2.07. The van der Waals surface area contributed by atoms with E-state index >= 15 is 0 Å². The highest BCUT2D eigenvalue weighted by Crippen LogP contribution is 2.16. The molecule has 0 saturated heterocycles. The van der Waals surface area contributed by atoms with E-state index in [0.29, 0.717) is 6.54 Å². The second-order valence-corrected chi connectivity index (χ2v) is 4.76. The van der Waals surface area contributed by atoms with E-state index in [-0.39, 0.29) is 5.91 Å². The highest BCUT2D eigenvalue weighted by Gasteiger charge is 2.08. The van der Waals surface area contributed by atoms with E-state index in [1.807, 2.05) is 36.7 Å². The van der Waals surface area contributed by atoms with E-state index < -0.39 is 6.10 Å². The predicted molar refractivity (Wildman–Crippen MR) is 73.8 cm³/mol. The fourth-order valence-electron chi connectivity index (χ4n) is 2.00. The first-order chi connectivity index (χ1) is 8.99. The Morgan fingerprint density at radius 3 is 2.95 bits per heavy atom. The summed E-state index contributed by atoms with van der Waals surface area (Å²) in [6.45, 7) is 3.95. The van der Waals surface area contributed by atoms with Crippen molar-refractivity contribution in [3.63, 3.8) is 0 Å². The minimum atomic E-state index is -0.957. The highest BCUT2D eigenvalue weighted by atomic mass is 16.3. The lowest BCUT2D eigenvalue weighted by molar-refractivity contribution is -0.128. The molecule has 1 atom stereocenters. The molecule has 1 aromatic carbocycles. The van der Waals surface area contributed by atoms with Crippen LogP contribution in [0.25, 0.3) is 11.0 Å². The number of hydrogen-bond donors (Lipinski definition) is 2. The minimum Gasteiger partial charge on any atom is -0.384 e. The molecule has 1 unspecified atom stereocenters. The van der Waals surface area contributed by atoms with Crippen LogP contribution in [0.3, 0.4) is 0 Å². The molecule has 2 rings (SSSR count). The van der Waals surface area contributed by atoms with Crippen LogP contribution in [0.15, 0.2) is 18.2 Å². The van der Waals surface area contributed by atoms with Crippen molar-refractivity contribution in [1.82, 2.24) is 14.9 Å². The summed E-state index contributed by atoms with van der Waals surface area (Å²) in [7, 11) is 1.99. The summed E-state index contributed by atoms with van der Waals surface area (Å²) in [6, 6.07) is 6.12. The molecule has 1 amide bonds. The average Bonchev–Trinajstić information content (AvgIpc) is 2.64. The lowest BCUT2D eigenvalue weighted by Crippen LogP contribution is -2.33. The first-order valence-corrected chi connectivity index (χ1v) is 6.37. The smallest absolute Gasteiger partial charge is 0.248 e. The van der Waals surface area contributed by atoms with Crippen LogP contribution >= 0.6 is 0 Å². The molecule has 0 aliphatic heterocycles. The Labute approximate surface area is 112 Å². The van der Waals surface area contributed by atoms with Gasteiger partial charge in [0.05, 0.1) is 11.0 Å². The normalized spacial score (nSPS) is 12.6. The predicted octanol–water partition coefficient (Wildman–Crippen LogP) is 0.921. The van der Waals surface area contributed by atoms with E-state index in [1.54, 1.807) is 0 Å². The van der Waals surface area contributed by atoms with Gasteiger partial charge in [-0.2, -0.15) is 0 Å². The molecule has 0 spiro atoms. The van der Waals surface area contributed by atoms with Crippen LogP contribution in [0.2, 0.25) is 0 Å². The Morgan fingerprint density at radius 1 is 1.53 bits per heavy atom. The molecule has 0 saturated carbocycles. The van der Waals surface area contributed by atoms with Gasteiger partial charge in [-0.25, -0.2) is 4.98 Å². The van der Waals surface area contributed by atoms with Crippen LogP contribution in [-0.2, 0) is 18.3 Å². The molecule has 1 aromatic heterocycles. The van der Waals surface area contributed by atoms with Gasteiger partial charge in [0.1, 0.15) is 11.9 Å². The van der Waals surface area contributed by atoms with Gasteiger partial charge in [0.15, 0.2) is 0 Å². The number of nitrogens with zero attached hydrogens (tertiary/aromatic N) is 2. The molecule has 0 fully saturated rings. The SMILES string of the molecule is Cc1nc2cc(CCNC(=O)C(C)O)ccc2n1C. The van der Waals surface area contributed by atoms with Gasteiger partial charge >= 0.3 is 0 Å². The molecule has 0 radical (unpaired) electrons. The van der Waals surface area contributed by atoms with Crippen molar-refractivity contribution >= 4 is 16.9 Å². The zero-order valence-corrected chi connectivity index (χ0v) is 11.5. The van der Waals surface area contributed by atoms with Gasteiger partial charge in [0.2, 0.25) is 5.91 Å². The van der Waals surface area contributed by atoms with Crippen LogP contribution in [0.1, 0.15) is 18.3 Å². The number of aromatic nitrogens is 2. The second kappa shape index (κ2) is 5.40. The van der Waals surface area contributed by atoms with E-state index in [1.165, 1.54) is 6.92 Å². The van der Waals surface area contributed by atoms with Crippen molar-refractivity contribution in [3.05, 3.63) is 29.6 Å². The number of aryl methyl sites for hydroxylation is 2. The number of aliphatic hydroxyl groups excluding tert-OH is 1. The molecule has 0 bridgehead atoms. The zero-order valence-electron chi connectivity index (χ0n) is 11.5. The summed E-state index contributed by atoms with van der Waals surface area (Å²) < 4.78 is 2.05. The molecule has 0 aliphatic rings. The van der Waals surface area contributed by atoms with Gasteiger partial charge < -0.3 is 15.0 Å². The quantitative estimate of drug-likeness (QED) is 0.860. The summed E-state index contributed by atoms with van der Waals surface area (Å²) in [4.78, 5) is 15.7. The van der Waals surface area contributed by atoms with E-state index in [0.717, 1.165) is 28.8 Å². The first kappa shape index (κ1) is 13.5. The number of amides is 1. The van der Waals surface area contributed by atoms with Gasteiger partial charge in [-0.3, -0.25) is 4.79 Å². The van der Waals surface area contributed by atoms with Gasteiger partial charge in [0, 0.05) is 13.6 Å². The number of hydrogen-bond acceptors (Lipinski definition) is 3. The number of aliphatic hydroxyl groups is 1. The Hall–Kier alpha value is -1.88. The third-order valence-electron chi connectivity index (χ3n) is 3.26. The molecular weight excluding hydrogens is 242 g/mol. The molecule has 5 nitrogen and oxygen atoms in total. The van der Waals surface area contributed by atoms with Crippen molar-refractivity contribution in [2.45, 2.75) is 26.4 Å². The number of fused-ring (bicyclic) bond motifs is 1. The maximum atomic E-state index is 11.2. The molecule has 1 heterocycles. The Bertz CT molecular complexity index is 602. The summed E-state index contributed by atoms with van der Waals surface area (Å²) in [5, 5.41) is 11.7. The van der Waals surface area contributed by atoms with Gasteiger partial charge in [-0.15, -0.1) is 0 Å². The topological polar surface area (TPSA) is 67.2 Å². The number of benzene rings is 1. The summed E-state index contributed by atoms with van der Waals surface area (Å²) in [6.07, 6.45) is -0.231. The van der Waals surface area contributed by atoms with E-state index in [2.05, 4.69) is 10.3 Å². The Kier molecular flexibility index (Phi) is 3.85. The Balaban J connectivity index is 2.04. The number of carbonyl (C=O) groups excluding carboxylic acids is 1. The van der Waals surface area contributed by atoms with Crippen molar-refractivity contribution in [2.24, 2.45) is 7.05 Å². The summed E-state index contributed by atoms with van der Waals surface area (Å²) >= 11 is 0. The third-order valence-corrected chi connectivity index (χ3v) is 3.26. The molecule has 0 aliphatic carbocycles. The van der Waals surface area contributed by atoms with Crippen LogP contribution < -0.4 is 5.32 Å². The molecule has 102 valence electrons. The first-order valence-electron chi connectivity index (χ1n) is 6.37. The largest absolute Gasteiger partial charge is 0.384 e. The summed E-state index contributed by atoms with van der Waals surface area (Å²) in [5.74, 6) is 0.643. The zero-order chi connectivity index (χ0) is 14.0. The van der Waals surface area contributed by atoms with Crippen molar-refractivity contribution < 1.29 is 9.90 Å². The van der Waals surface area contributed by atoms with E-state index in [4.69, 9.17) is 5.11 Å². The monoisotopic (exact) mass is 261 g/mol. The molecule has 5 heteroatoms. The van der Waals surface area contributed by atoms with Gasteiger partial charge in [-0.05, 0) is 38.0 Å². The van der Waals surface area contributed by atoms with Crippen LogP contribution in [0, 0.1) is 6.92 Å². The maximum absolute atomic E-state index is 11.2. The molecule has 19 heavy (non-hydrogen) atoms. The van der Waals surface area contributed by atoms with Crippen LogP contribution in [-0.4, -0.2) is 33.2 Å². The maximum Gasteiger partial charge on any atom is 0.248 e. The van der Waals surface area contributed by atoms with Crippen LogP contribution in [0.5, 0.6) is 0 Å². The Morgan fingerprint density at radius 2 is 2.26 bits per heavy atom. The number of imidazole rings is 1. The van der Waals surface area contributed by atoms with Crippen molar-refractivity contribution in [1.29, 1.82) is 0 Å².